The SMILES string of the molecule is CCOc1ccc(CCNC(=NC)NCCCN(C)CCOC)cc1OCC. The minimum absolute atomic E-state index is 0.624. The fraction of sp³-hybridized carbons (Fsp3) is 0.667. The Labute approximate surface area is 170 Å². The molecular weight excluding hydrogens is 356 g/mol. The van der Waals surface area contributed by atoms with Crippen molar-refractivity contribution in [2.75, 3.05) is 67.2 Å². The molecule has 0 aliphatic carbocycles. The highest BCUT2D eigenvalue weighted by Crippen LogP contribution is 2.28. The fourth-order valence-electron chi connectivity index (χ4n) is 2.71. The van der Waals surface area contributed by atoms with E-state index in [1.165, 1.54) is 5.56 Å². The van der Waals surface area contributed by atoms with Crippen LogP contribution in [0.3, 0.4) is 0 Å². The molecule has 0 aromatic heterocycles. The van der Waals surface area contributed by atoms with E-state index in [0.29, 0.717) is 13.2 Å². The normalized spacial score (nSPS) is 11.6. The third-order valence-electron chi connectivity index (χ3n) is 4.22. The van der Waals surface area contributed by atoms with Gasteiger partial charge in [0.2, 0.25) is 0 Å². The van der Waals surface area contributed by atoms with Crippen LogP contribution in [0.25, 0.3) is 0 Å². The monoisotopic (exact) mass is 394 g/mol. The summed E-state index contributed by atoms with van der Waals surface area (Å²) in [5.41, 5.74) is 1.20. The molecule has 0 amide bonds. The second-order valence-corrected chi connectivity index (χ2v) is 6.47. The van der Waals surface area contributed by atoms with Gasteiger partial charge < -0.3 is 29.7 Å². The predicted molar refractivity (Wildman–Crippen MR) is 116 cm³/mol. The van der Waals surface area contributed by atoms with Gasteiger partial charge >= 0.3 is 0 Å². The van der Waals surface area contributed by atoms with Crippen molar-refractivity contribution in [1.82, 2.24) is 15.5 Å². The van der Waals surface area contributed by atoms with E-state index < -0.39 is 0 Å². The number of guanidine groups is 1. The molecule has 0 bridgehead atoms. The van der Waals surface area contributed by atoms with Gasteiger partial charge in [0.05, 0.1) is 19.8 Å². The van der Waals surface area contributed by atoms with Crippen LogP contribution in [0, 0.1) is 0 Å². The average molecular weight is 395 g/mol. The molecule has 0 aliphatic rings. The summed E-state index contributed by atoms with van der Waals surface area (Å²) in [7, 11) is 5.64. The first-order valence-electron chi connectivity index (χ1n) is 10.1. The summed E-state index contributed by atoms with van der Waals surface area (Å²) >= 11 is 0. The Hall–Kier alpha value is -1.99. The van der Waals surface area contributed by atoms with Gasteiger partial charge in [0.1, 0.15) is 0 Å². The van der Waals surface area contributed by atoms with Crippen LogP contribution in [-0.2, 0) is 11.2 Å². The molecule has 0 unspecified atom stereocenters. The van der Waals surface area contributed by atoms with Crippen LogP contribution in [0.1, 0.15) is 25.8 Å². The molecule has 1 aromatic rings. The molecule has 0 spiro atoms. The van der Waals surface area contributed by atoms with Crippen molar-refractivity contribution in [2.24, 2.45) is 4.99 Å². The van der Waals surface area contributed by atoms with E-state index >= 15 is 0 Å². The van der Waals surface area contributed by atoms with E-state index in [1.807, 2.05) is 19.9 Å². The molecule has 28 heavy (non-hydrogen) atoms. The third-order valence-corrected chi connectivity index (χ3v) is 4.22. The number of nitrogens with zero attached hydrogens (tertiary/aromatic N) is 2. The molecule has 7 heteroatoms. The maximum Gasteiger partial charge on any atom is 0.190 e. The second-order valence-electron chi connectivity index (χ2n) is 6.47. The first-order chi connectivity index (χ1) is 13.6. The van der Waals surface area contributed by atoms with E-state index in [2.05, 4.69) is 39.7 Å². The molecule has 0 atom stereocenters. The van der Waals surface area contributed by atoms with Gasteiger partial charge in [-0.2, -0.15) is 0 Å². The Morgan fingerprint density at radius 3 is 2.43 bits per heavy atom. The summed E-state index contributed by atoms with van der Waals surface area (Å²) in [4.78, 5) is 6.55. The lowest BCUT2D eigenvalue weighted by Gasteiger charge is -2.17. The van der Waals surface area contributed by atoms with Crippen molar-refractivity contribution in [2.45, 2.75) is 26.7 Å². The Morgan fingerprint density at radius 1 is 1.04 bits per heavy atom. The smallest absolute Gasteiger partial charge is 0.190 e. The van der Waals surface area contributed by atoms with Gasteiger partial charge in [0.25, 0.3) is 0 Å². The van der Waals surface area contributed by atoms with Gasteiger partial charge in [0.15, 0.2) is 17.5 Å². The predicted octanol–water partition coefficient (Wildman–Crippen LogP) is 2.16. The molecule has 1 aromatic carbocycles. The zero-order valence-electron chi connectivity index (χ0n) is 18.2. The molecule has 0 saturated carbocycles. The minimum Gasteiger partial charge on any atom is -0.490 e. The summed E-state index contributed by atoms with van der Waals surface area (Å²) in [5, 5.41) is 6.73. The van der Waals surface area contributed by atoms with E-state index in [1.54, 1.807) is 14.2 Å². The van der Waals surface area contributed by atoms with Crippen LogP contribution in [0.2, 0.25) is 0 Å². The largest absolute Gasteiger partial charge is 0.490 e. The Balaban J connectivity index is 2.35. The lowest BCUT2D eigenvalue weighted by Crippen LogP contribution is -2.39. The first-order valence-corrected chi connectivity index (χ1v) is 10.1. The third kappa shape index (κ3) is 9.80. The maximum absolute atomic E-state index is 5.69. The molecule has 0 heterocycles. The number of nitrogens with one attached hydrogen (secondary N) is 2. The number of methoxy groups -OCH3 is 1. The maximum atomic E-state index is 5.69. The van der Waals surface area contributed by atoms with Crippen LogP contribution in [-0.4, -0.2) is 78.1 Å². The summed E-state index contributed by atoms with van der Waals surface area (Å²) < 4.78 is 16.4. The zero-order chi connectivity index (χ0) is 20.6. The highest BCUT2D eigenvalue weighted by atomic mass is 16.5. The number of benzene rings is 1. The minimum atomic E-state index is 0.624. The van der Waals surface area contributed by atoms with Gasteiger partial charge in [-0.05, 0) is 58.0 Å². The fourth-order valence-corrected chi connectivity index (χ4v) is 2.71. The van der Waals surface area contributed by atoms with Crippen molar-refractivity contribution in [1.29, 1.82) is 0 Å². The molecule has 0 saturated heterocycles. The number of aliphatic imine (C=N–C) groups is 1. The molecular formula is C21H38N4O3. The summed E-state index contributed by atoms with van der Waals surface area (Å²) in [5.74, 6) is 2.44. The topological polar surface area (TPSA) is 67.4 Å². The average Bonchev–Trinajstić information content (AvgIpc) is 2.70. The molecule has 160 valence electrons. The number of ether oxygens (including phenoxy) is 3. The van der Waals surface area contributed by atoms with E-state index in [4.69, 9.17) is 14.2 Å². The van der Waals surface area contributed by atoms with Crippen molar-refractivity contribution in [3.05, 3.63) is 23.8 Å². The summed E-state index contributed by atoms with van der Waals surface area (Å²) in [6.45, 7) is 9.64. The lowest BCUT2D eigenvalue weighted by molar-refractivity contribution is 0.161. The van der Waals surface area contributed by atoms with Crippen LogP contribution in [0.5, 0.6) is 11.5 Å². The molecule has 0 radical (unpaired) electrons. The first kappa shape index (κ1) is 24.0. The molecule has 7 nitrogen and oxygen atoms in total. The molecule has 0 aliphatic heterocycles. The van der Waals surface area contributed by atoms with Crippen LogP contribution in [0.4, 0.5) is 0 Å². The highest BCUT2D eigenvalue weighted by molar-refractivity contribution is 5.79. The molecule has 2 N–H and O–H groups in total. The number of hydrogen-bond donors (Lipinski definition) is 2. The summed E-state index contributed by atoms with van der Waals surface area (Å²) in [6.07, 6.45) is 1.93. The number of likely N-dealkylation sites (N-methyl/N-ethyl adjacent to an activating group) is 1. The Morgan fingerprint density at radius 2 is 1.75 bits per heavy atom. The standard InChI is InChI=1S/C21H38N4O3/c1-6-27-19-10-9-18(17-20(19)28-7-2)11-13-24-21(22-3)23-12-8-14-25(4)15-16-26-5/h9-10,17H,6-8,11-16H2,1-5H3,(H2,22,23,24). The van der Waals surface area contributed by atoms with Crippen molar-refractivity contribution in [3.63, 3.8) is 0 Å². The zero-order valence-corrected chi connectivity index (χ0v) is 18.2. The highest BCUT2D eigenvalue weighted by Gasteiger charge is 2.06. The lowest BCUT2D eigenvalue weighted by atomic mass is 10.1. The number of rotatable bonds is 14. The Kier molecular flexibility index (Phi) is 12.9. The number of hydrogen-bond acceptors (Lipinski definition) is 5. The van der Waals surface area contributed by atoms with E-state index in [-0.39, 0.29) is 0 Å². The van der Waals surface area contributed by atoms with Gasteiger partial charge in [0, 0.05) is 33.8 Å². The van der Waals surface area contributed by atoms with Gasteiger partial charge in [-0.15, -0.1) is 0 Å². The van der Waals surface area contributed by atoms with Crippen molar-refractivity contribution in [3.8, 4) is 11.5 Å². The molecule has 0 fully saturated rings. The Bertz CT molecular complexity index is 567. The molecule has 1 rings (SSSR count). The van der Waals surface area contributed by atoms with Crippen LogP contribution in [0.15, 0.2) is 23.2 Å². The second kappa shape index (κ2) is 15.0. The van der Waals surface area contributed by atoms with E-state index in [9.17, 15) is 0 Å². The van der Waals surface area contributed by atoms with Crippen molar-refractivity contribution >= 4 is 5.96 Å². The van der Waals surface area contributed by atoms with Gasteiger partial charge in [-0.3, -0.25) is 4.99 Å². The van der Waals surface area contributed by atoms with E-state index in [0.717, 1.165) is 63.1 Å². The van der Waals surface area contributed by atoms with Gasteiger partial charge in [-0.1, -0.05) is 6.07 Å². The van der Waals surface area contributed by atoms with Crippen LogP contribution >= 0.6 is 0 Å². The summed E-state index contributed by atoms with van der Waals surface area (Å²) in [6, 6.07) is 6.13. The van der Waals surface area contributed by atoms with Gasteiger partial charge in [-0.25, -0.2) is 0 Å². The quantitative estimate of drug-likeness (QED) is 0.286. The van der Waals surface area contributed by atoms with Crippen LogP contribution < -0.4 is 20.1 Å². The van der Waals surface area contributed by atoms with Crippen molar-refractivity contribution < 1.29 is 14.2 Å².